The number of ether oxygens (including phenoxy) is 2. The van der Waals surface area contributed by atoms with Gasteiger partial charge in [-0.2, -0.15) is 0 Å². The molecule has 0 spiro atoms. The van der Waals surface area contributed by atoms with E-state index in [4.69, 9.17) is 15.2 Å². The molecule has 1 aliphatic rings. The average molecular weight is 289 g/mol. The zero-order valence-corrected chi connectivity index (χ0v) is 11.7. The molecule has 3 rings (SSSR count). The van der Waals surface area contributed by atoms with E-state index in [1.165, 1.54) is 6.33 Å². The predicted octanol–water partition coefficient (Wildman–Crippen LogP) is 2.04. The van der Waals surface area contributed by atoms with E-state index in [-0.39, 0.29) is 6.04 Å². The van der Waals surface area contributed by atoms with Gasteiger partial charge in [-0.05, 0) is 23.8 Å². The molecule has 5 nitrogen and oxygen atoms in total. The molecule has 1 atom stereocenters. The molecule has 0 saturated heterocycles. The number of nitrogens with zero attached hydrogens (tertiary/aromatic N) is 2. The normalized spacial score (nSPS) is 14.8. The molecule has 0 radical (unpaired) electrons. The summed E-state index contributed by atoms with van der Waals surface area (Å²) in [6, 6.07) is 7.66. The quantitative estimate of drug-likeness (QED) is 0.686. The van der Waals surface area contributed by atoms with Crippen molar-refractivity contribution in [3.8, 4) is 11.5 Å². The van der Waals surface area contributed by atoms with Crippen molar-refractivity contribution in [1.82, 2.24) is 9.97 Å². The molecule has 1 aromatic heterocycles. The summed E-state index contributed by atoms with van der Waals surface area (Å²) in [6.45, 7) is 1.18. The Morgan fingerprint density at radius 2 is 2.05 bits per heavy atom. The fourth-order valence-corrected chi connectivity index (χ4v) is 2.75. The molecule has 2 N–H and O–H groups in total. The maximum Gasteiger partial charge on any atom is 0.161 e. The highest BCUT2D eigenvalue weighted by Gasteiger charge is 2.15. The lowest BCUT2D eigenvalue weighted by atomic mass is 10.1. The van der Waals surface area contributed by atoms with Gasteiger partial charge in [0.05, 0.1) is 5.03 Å². The topological polar surface area (TPSA) is 70.3 Å². The van der Waals surface area contributed by atoms with Crippen molar-refractivity contribution >= 4 is 11.8 Å². The van der Waals surface area contributed by atoms with Crippen LogP contribution in [0.15, 0.2) is 41.8 Å². The molecule has 104 valence electrons. The van der Waals surface area contributed by atoms with Crippen LogP contribution in [0, 0.1) is 0 Å². The third-order valence-electron chi connectivity index (χ3n) is 2.96. The number of aromatic nitrogens is 2. The Balaban J connectivity index is 1.66. The molecule has 20 heavy (non-hydrogen) atoms. The number of nitrogens with two attached hydrogens (primary N) is 1. The van der Waals surface area contributed by atoms with Crippen LogP contribution >= 0.6 is 11.8 Å². The van der Waals surface area contributed by atoms with Gasteiger partial charge in [0.1, 0.15) is 19.5 Å². The molecule has 1 unspecified atom stereocenters. The van der Waals surface area contributed by atoms with Crippen LogP contribution in [-0.2, 0) is 0 Å². The molecule has 1 aromatic carbocycles. The summed E-state index contributed by atoms with van der Waals surface area (Å²) in [7, 11) is 0. The summed E-state index contributed by atoms with van der Waals surface area (Å²) in [5.41, 5.74) is 7.25. The standard InChI is InChI=1S/C14H15N3O2S/c15-11(8-20-14-3-4-16-9-17-14)10-1-2-12-13(7-10)19-6-5-18-12/h1-4,7,9,11H,5-6,8,15H2. The van der Waals surface area contributed by atoms with Crippen molar-refractivity contribution in [2.24, 2.45) is 5.73 Å². The molecule has 2 heterocycles. The van der Waals surface area contributed by atoms with Crippen molar-refractivity contribution < 1.29 is 9.47 Å². The third-order valence-corrected chi connectivity index (χ3v) is 4.02. The van der Waals surface area contributed by atoms with Gasteiger partial charge < -0.3 is 15.2 Å². The van der Waals surface area contributed by atoms with Gasteiger partial charge in [0, 0.05) is 18.0 Å². The van der Waals surface area contributed by atoms with Gasteiger partial charge in [-0.1, -0.05) is 6.07 Å². The summed E-state index contributed by atoms with van der Waals surface area (Å²) in [4.78, 5) is 8.06. The van der Waals surface area contributed by atoms with E-state index in [1.54, 1.807) is 18.0 Å². The number of thioether (sulfide) groups is 1. The van der Waals surface area contributed by atoms with Crippen molar-refractivity contribution in [3.63, 3.8) is 0 Å². The van der Waals surface area contributed by atoms with E-state index in [0.29, 0.717) is 13.2 Å². The molecule has 6 heteroatoms. The molecule has 2 aromatic rings. The Hall–Kier alpha value is -1.79. The molecule has 1 aliphatic heterocycles. The van der Waals surface area contributed by atoms with Crippen LogP contribution in [0.4, 0.5) is 0 Å². The Kier molecular flexibility index (Phi) is 4.03. The number of fused-ring (bicyclic) bond motifs is 1. The summed E-state index contributed by atoms with van der Waals surface area (Å²) in [5, 5.41) is 0.924. The van der Waals surface area contributed by atoms with Gasteiger partial charge in [0.2, 0.25) is 0 Å². The van der Waals surface area contributed by atoms with Crippen LogP contribution in [0.25, 0.3) is 0 Å². The lowest BCUT2D eigenvalue weighted by Crippen LogP contribution is -2.17. The van der Waals surface area contributed by atoms with Crippen LogP contribution in [-0.4, -0.2) is 28.9 Å². The number of rotatable bonds is 4. The van der Waals surface area contributed by atoms with E-state index < -0.39 is 0 Å². The minimum atomic E-state index is -0.0780. The molecule has 0 amide bonds. The number of benzene rings is 1. The second-order valence-electron chi connectivity index (χ2n) is 4.37. The van der Waals surface area contributed by atoms with Gasteiger partial charge >= 0.3 is 0 Å². The molecule has 0 aliphatic carbocycles. The molecule has 0 saturated carbocycles. The van der Waals surface area contributed by atoms with E-state index in [1.807, 2.05) is 24.3 Å². The Morgan fingerprint density at radius 3 is 2.85 bits per heavy atom. The van der Waals surface area contributed by atoms with Crippen molar-refractivity contribution in [2.45, 2.75) is 11.1 Å². The maximum absolute atomic E-state index is 6.22. The van der Waals surface area contributed by atoms with Crippen molar-refractivity contribution in [2.75, 3.05) is 19.0 Å². The molecular weight excluding hydrogens is 274 g/mol. The number of hydrogen-bond acceptors (Lipinski definition) is 6. The maximum atomic E-state index is 6.22. The average Bonchev–Trinajstić information content (AvgIpc) is 2.53. The lowest BCUT2D eigenvalue weighted by Gasteiger charge is -2.20. The van der Waals surface area contributed by atoms with Gasteiger partial charge in [0.25, 0.3) is 0 Å². The molecular formula is C14H15N3O2S. The van der Waals surface area contributed by atoms with Crippen LogP contribution in [0.3, 0.4) is 0 Å². The summed E-state index contributed by atoms with van der Waals surface area (Å²) in [5.74, 6) is 2.31. The highest BCUT2D eigenvalue weighted by molar-refractivity contribution is 7.99. The minimum absolute atomic E-state index is 0.0780. The minimum Gasteiger partial charge on any atom is -0.486 e. The largest absolute Gasteiger partial charge is 0.486 e. The van der Waals surface area contributed by atoms with Crippen LogP contribution in [0.1, 0.15) is 11.6 Å². The molecule has 0 bridgehead atoms. The van der Waals surface area contributed by atoms with E-state index in [2.05, 4.69) is 9.97 Å². The zero-order chi connectivity index (χ0) is 13.8. The first-order valence-corrected chi connectivity index (χ1v) is 7.35. The van der Waals surface area contributed by atoms with Gasteiger partial charge in [-0.15, -0.1) is 11.8 Å². The fourth-order valence-electron chi connectivity index (χ4n) is 1.93. The second kappa shape index (κ2) is 6.11. The van der Waals surface area contributed by atoms with E-state index in [9.17, 15) is 0 Å². The van der Waals surface area contributed by atoms with Crippen molar-refractivity contribution in [3.05, 3.63) is 42.4 Å². The Labute approximate surface area is 121 Å². The fraction of sp³-hybridized carbons (Fsp3) is 0.286. The first kappa shape index (κ1) is 13.2. The van der Waals surface area contributed by atoms with Crippen LogP contribution < -0.4 is 15.2 Å². The van der Waals surface area contributed by atoms with Crippen LogP contribution in [0.2, 0.25) is 0 Å². The first-order chi connectivity index (χ1) is 9.83. The highest BCUT2D eigenvalue weighted by atomic mass is 32.2. The van der Waals surface area contributed by atoms with Crippen LogP contribution in [0.5, 0.6) is 11.5 Å². The van der Waals surface area contributed by atoms with Crippen molar-refractivity contribution in [1.29, 1.82) is 0 Å². The first-order valence-electron chi connectivity index (χ1n) is 6.37. The molecule has 0 fully saturated rings. The van der Waals surface area contributed by atoms with Gasteiger partial charge in [-0.25, -0.2) is 9.97 Å². The second-order valence-corrected chi connectivity index (χ2v) is 5.41. The number of hydrogen-bond donors (Lipinski definition) is 1. The Morgan fingerprint density at radius 1 is 1.20 bits per heavy atom. The summed E-state index contributed by atoms with van der Waals surface area (Å²) in [6.07, 6.45) is 3.27. The summed E-state index contributed by atoms with van der Waals surface area (Å²) < 4.78 is 11.1. The smallest absolute Gasteiger partial charge is 0.161 e. The predicted molar refractivity (Wildman–Crippen MR) is 77.1 cm³/mol. The van der Waals surface area contributed by atoms with Gasteiger partial charge in [-0.3, -0.25) is 0 Å². The Bertz CT molecular complexity index is 580. The third kappa shape index (κ3) is 3.02. The van der Waals surface area contributed by atoms with E-state index in [0.717, 1.165) is 27.8 Å². The lowest BCUT2D eigenvalue weighted by molar-refractivity contribution is 0.171. The van der Waals surface area contributed by atoms with Gasteiger partial charge in [0.15, 0.2) is 11.5 Å². The summed E-state index contributed by atoms with van der Waals surface area (Å²) >= 11 is 1.61. The zero-order valence-electron chi connectivity index (χ0n) is 10.9. The SMILES string of the molecule is NC(CSc1ccncn1)c1ccc2c(c1)OCCO2. The monoisotopic (exact) mass is 289 g/mol. The van der Waals surface area contributed by atoms with E-state index >= 15 is 0 Å². The highest BCUT2D eigenvalue weighted by Crippen LogP contribution is 2.33.